The molecule has 0 aromatic heterocycles. The molecule has 18 heavy (non-hydrogen) atoms. The number of aryl methyl sites for hydroxylation is 2. The Balaban J connectivity index is 2.21. The smallest absolute Gasteiger partial charge is 0.0488 e. The van der Waals surface area contributed by atoms with Crippen molar-refractivity contribution in [1.82, 2.24) is 0 Å². The molecule has 2 rings (SSSR count). The Labute approximate surface area is 117 Å². The predicted molar refractivity (Wildman–Crippen MR) is 82.1 cm³/mol. The molecule has 0 aliphatic heterocycles. The van der Waals surface area contributed by atoms with Crippen LogP contribution in [-0.4, -0.2) is 0 Å². The normalized spacial score (nSPS) is 12.2. The average Bonchev–Trinajstić information content (AvgIpc) is 2.33. The molecule has 0 heterocycles. The fourth-order valence-electron chi connectivity index (χ4n) is 2.17. The second kappa shape index (κ2) is 5.57. The number of nitrogens with one attached hydrogen (secondary N) is 1. The second-order valence-electron chi connectivity index (χ2n) is 4.68. The van der Waals surface area contributed by atoms with Gasteiger partial charge in [0.15, 0.2) is 0 Å². The van der Waals surface area contributed by atoms with Gasteiger partial charge in [-0.05, 0) is 55.7 Å². The van der Waals surface area contributed by atoms with Crippen molar-refractivity contribution in [2.75, 3.05) is 5.32 Å². The zero-order chi connectivity index (χ0) is 13.1. The molecular formula is C16H18BrN. The van der Waals surface area contributed by atoms with Gasteiger partial charge in [0.05, 0.1) is 0 Å². The molecule has 1 N–H and O–H groups in total. The van der Waals surface area contributed by atoms with Gasteiger partial charge in [0, 0.05) is 16.2 Å². The third-order valence-corrected chi connectivity index (χ3v) is 3.71. The molecule has 0 fully saturated rings. The molecule has 94 valence electrons. The van der Waals surface area contributed by atoms with Crippen LogP contribution in [0, 0.1) is 13.8 Å². The van der Waals surface area contributed by atoms with Gasteiger partial charge in [-0.3, -0.25) is 0 Å². The van der Waals surface area contributed by atoms with E-state index in [0.29, 0.717) is 6.04 Å². The van der Waals surface area contributed by atoms with Crippen LogP contribution in [0.4, 0.5) is 5.69 Å². The Morgan fingerprint density at radius 1 is 1.00 bits per heavy atom. The van der Waals surface area contributed by atoms with Crippen LogP contribution in [0.15, 0.2) is 46.9 Å². The van der Waals surface area contributed by atoms with Gasteiger partial charge in [0.2, 0.25) is 0 Å². The fourth-order valence-corrected chi connectivity index (χ4v) is 2.65. The highest BCUT2D eigenvalue weighted by Crippen LogP contribution is 2.26. The molecule has 0 aliphatic carbocycles. The number of anilines is 1. The quantitative estimate of drug-likeness (QED) is 0.817. The van der Waals surface area contributed by atoms with Crippen molar-refractivity contribution in [3.05, 3.63) is 63.6 Å². The zero-order valence-corrected chi connectivity index (χ0v) is 12.6. The van der Waals surface area contributed by atoms with E-state index >= 15 is 0 Å². The van der Waals surface area contributed by atoms with Crippen LogP contribution in [0.1, 0.15) is 29.7 Å². The molecule has 1 nitrogen and oxygen atoms in total. The molecular weight excluding hydrogens is 286 g/mol. The first-order valence-electron chi connectivity index (χ1n) is 6.16. The van der Waals surface area contributed by atoms with Crippen LogP contribution >= 0.6 is 15.9 Å². The van der Waals surface area contributed by atoms with E-state index in [9.17, 15) is 0 Å². The molecule has 2 aromatic rings. The lowest BCUT2D eigenvalue weighted by atomic mass is 10.0. The van der Waals surface area contributed by atoms with Crippen molar-refractivity contribution in [1.29, 1.82) is 0 Å². The van der Waals surface area contributed by atoms with Crippen molar-refractivity contribution in [3.8, 4) is 0 Å². The summed E-state index contributed by atoms with van der Waals surface area (Å²) in [4.78, 5) is 0. The fraction of sp³-hybridized carbons (Fsp3) is 0.250. The lowest BCUT2D eigenvalue weighted by Crippen LogP contribution is -2.09. The largest absolute Gasteiger partial charge is 0.378 e. The first-order chi connectivity index (χ1) is 8.58. The Hall–Kier alpha value is -1.28. The first kappa shape index (κ1) is 13.2. The lowest BCUT2D eigenvalue weighted by molar-refractivity contribution is 0.872. The highest BCUT2D eigenvalue weighted by molar-refractivity contribution is 9.10. The Bertz CT molecular complexity index is 549. The average molecular weight is 304 g/mol. The molecule has 1 atom stereocenters. The van der Waals surface area contributed by atoms with E-state index in [1.54, 1.807) is 0 Å². The minimum atomic E-state index is 0.311. The number of benzene rings is 2. The van der Waals surface area contributed by atoms with Crippen molar-refractivity contribution >= 4 is 21.6 Å². The molecule has 0 spiro atoms. The van der Waals surface area contributed by atoms with E-state index < -0.39 is 0 Å². The first-order valence-corrected chi connectivity index (χ1v) is 6.95. The summed E-state index contributed by atoms with van der Waals surface area (Å²) in [5.74, 6) is 0. The van der Waals surface area contributed by atoms with Crippen LogP contribution in [0.25, 0.3) is 0 Å². The number of rotatable bonds is 3. The van der Waals surface area contributed by atoms with E-state index in [1.807, 2.05) is 0 Å². The van der Waals surface area contributed by atoms with Crippen LogP contribution in [-0.2, 0) is 0 Å². The van der Waals surface area contributed by atoms with Crippen LogP contribution in [0.5, 0.6) is 0 Å². The molecule has 1 unspecified atom stereocenters. The van der Waals surface area contributed by atoms with E-state index in [4.69, 9.17) is 0 Å². The zero-order valence-electron chi connectivity index (χ0n) is 11.0. The Morgan fingerprint density at radius 3 is 2.39 bits per heavy atom. The molecule has 2 aromatic carbocycles. The van der Waals surface area contributed by atoms with Crippen molar-refractivity contribution in [3.63, 3.8) is 0 Å². The van der Waals surface area contributed by atoms with Crippen molar-refractivity contribution in [2.45, 2.75) is 26.8 Å². The van der Waals surface area contributed by atoms with Gasteiger partial charge in [0.25, 0.3) is 0 Å². The second-order valence-corrected chi connectivity index (χ2v) is 5.60. The summed E-state index contributed by atoms with van der Waals surface area (Å²) in [7, 11) is 0. The maximum Gasteiger partial charge on any atom is 0.0488 e. The summed E-state index contributed by atoms with van der Waals surface area (Å²) in [6.45, 7) is 6.48. The van der Waals surface area contributed by atoms with E-state index in [0.717, 1.165) is 4.47 Å². The lowest BCUT2D eigenvalue weighted by Gasteiger charge is -2.19. The molecule has 0 amide bonds. The summed E-state index contributed by atoms with van der Waals surface area (Å²) < 4.78 is 1.12. The summed E-state index contributed by atoms with van der Waals surface area (Å²) in [5.41, 5.74) is 5.12. The number of hydrogen-bond donors (Lipinski definition) is 1. The van der Waals surface area contributed by atoms with Gasteiger partial charge in [-0.1, -0.05) is 40.2 Å². The number of hydrogen-bond acceptors (Lipinski definition) is 1. The van der Waals surface area contributed by atoms with Crippen molar-refractivity contribution < 1.29 is 0 Å². The van der Waals surface area contributed by atoms with Crippen LogP contribution in [0.3, 0.4) is 0 Å². The van der Waals surface area contributed by atoms with Gasteiger partial charge < -0.3 is 5.32 Å². The summed E-state index contributed by atoms with van der Waals surface area (Å²) in [6, 6.07) is 15.1. The summed E-state index contributed by atoms with van der Waals surface area (Å²) in [5, 5.41) is 3.57. The van der Waals surface area contributed by atoms with Crippen LogP contribution < -0.4 is 5.32 Å². The van der Waals surface area contributed by atoms with E-state index in [2.05, 4.69) is 84.5 Å². The SMILES string of the molecule is Cc1cc(Br)ccc1NC(C)c1ccccc1C. The van der Waals surface area contributed by atoms with Gasteiger partial charge in [-0.15, -0.1) is 0 Å². The Morgan fingerprint density at radius 2 is 1.72 bits per heavy atom. The monoisotopic (exact) mass is 303 g/mol. The van der Waals surface area contributed by atoms with Crippen molar-refractivity contribution in [2.24, 2.45) is 0 Å². The van der Waals surface area contributed by atoms with Gasteiger partial charge in [-0.25, -0.2) is 0 Å². The standard InChI is InChI=1S/C16H18BrN/c1-11-6-4-5-7-15(11)13(3)18-16-9-8-14(17)10-12(16)2/h4-10,13,18H,1-3H3. The summed E-state index contributed by atoms with van der Waals surface area (Å²) >= 11 is 3.49. The van der Waals surface area contributed by atoms with Crippen LogP contribution in [0.2, 0.25) is 0 Å². The molecule has 0 bridgehead atoms. The molecule has 0 radical (unpaired) electrons. The number of halogens is 1. The maximum atomic E-state index is 3.57. The van der Waals surface area contributed by atoms with E-state index in [1.165, 1.54) is 22.4 Å². The summed E-state index contributed by atoms with van der Waals surface area (Å²) in [6.07, 6.45) is 0. The molecule has 0 aliphatic rings. The van der Waals surface area contributed by atoms with Gasteiger partial charge in [0.1, 0.15) is 0 Å². The molecule has 0 saturated heterocycles. The topological polar surface area (TPSA) is 12.0 Å². The highest BCUT2D eigenvalue weighted by atomic mass is 79.9. The van der Waals surface area contributed by atoms with Gasteiger partial charge in [-0.2, -0.15) is 0 Å². The van der Waals surface area contributed by atoms with E-state index in [-0.39, 0.29) is 0 Å². The van der Waals surface area contributed by atoms with Gasteiger partial charge >= 0.3 is 0 Å². The third-order valence-electron chi connectivity index (χ3n) is 3.22. The Kier molecular flexibility index (Phi) is 4.07. The molecule has 2 heteroatoms. The minimum absolute atomic E-state index is 0.311. The molecule has 0 saturated carbocycles. The predicted octanol–water partition coefficient (Wildman–Crippen LogP) is 5.24. The minimum Gasteiger partial charge on any atom is -0.378 e. The third kappa shape index (κ3) is 2.94. The maximum absolute atomic E-state index is 3.57. The highest BCUT2D eigenvalue weighted by Gasteiger charge is 2.08.